The van der Waals surface area contributed by atoms with Gasteiger partial charge in [-0.1, -0.05) is 12.1 Å². The largest absolute Gasteiger partial charge is 0.507 e. The number of hydrogen-bond donors (Lipinski definition) is 3. The van der Waals surface area contributed by atoms with Crippen LogP contribution in [-0.4, -0.2) is 29.3 Å². The summed E-state index contributed by atoms with van der Waals surface area (Å²) in [6.07, 6.45) is 1.35. The number of carbonyl (C=O) groups excluding carboxylic acids is 1. The molecule has 138 valence electrons. The number of nitrogens with one attached hydrogen (secondary N) is 2. The fourth-order valence-corrected chi connectivity index (χ4v) is 3.73. The zero-order valence-electron chi connectivity index (χ0n) is 14.5. The van der Waals surface area contributed by atoms with Crippen molar-refractivity contribution < 1.29 is 14.6 Å². The molecule has 2 aliphatic heterocycles. The molecule has 6 nitrogen and oxygen atoms in total. The summed E-state index contributed by atoms with van der Waals surface area (Å²) in [6.45, 7) is 3.79. The smallest absolute Gasteiger partial charge is 0.413 e. The Balaban J connectivity index is 0.00000196. The van der Waals surface area contributed by atoms with Crippen molar-refractivity contribution in [3.8, 4) is 17.0 Å². The Morgan fingerprint density at radius 1 is 1.31 bits per heavy atom. The molecule has 0 radical (unpaired) electrons. The molecule has 26 heavy (non-hydrogen) atoms. The first-order valence-corrected chi connectivity index (χ1v) is 8.65. The number of anilines is 1. The van der Waals surface area contributed by atoms with Crippen LogP contribution in [-0.2, 0) is 4.74 Å². The number of halogens is 1. The number of benzene rings is 1. The number of cyclic esters (lactones) is 1. The van der Waals surface area contributed by atoms with Crippen molar-refractivity contribution in [2.75, 3.05) is 18.4 Å². The SMILES string of the molecule is CC1OC(=O)Nc2nc(-c3ccccc3O)cc(C3CCCNC3)c21.Cl. The number of carbonyl (C=O) groups is 1. The molecule has 3 heterocycles. The van der Waals surface area contributed by atoms with Crippen molar-refractivity contribution in [3.05, 3.63) is 41.5 Å². The average molecular weight is 376 g/mol. The third-order valence-corrected chi connectivity index (χ3v) is 4.92. The molecular formula is C19H22ClN3O3. The van der Waals surface area contributed by atoms with Crippen LogP contribution in [0.25, 0.3) is 11.3 Å². The van der Waals surface area contributed by atoms with Gasteiger partial charge in [-0.25, -0.2) is 9.78 Å². The molecule has 1 amide bonds. The Morgan fingerprint density at radius 2 is 2.12 bits per heavy atom. The summed E-state index contributed by atoms with van der Waals surface area (Å²) in [5, 5.41) is 16.4. The molecule has 1 fully saturated rings. The second kappa shape index (κ2) is 7.51. The normalized spacial score (nSPS) is 21.8. The molecule has 2 unspecified atom stereocenters. The number of amides is 1. The Hall–Kier alpha value is -2.31. The van der Waals surface area contributed by atoms with Crippen LogP contribution in [0.1, 0.15) is 42.9 Å². The number of phenolic OH excluding ortho intramolecular Hbond substituents is 1. The van der Waals surface area contributed by atoms with Crippen LogP contribution in [0.3, 0.4) is 0 Å². The maximum atomic E-state index is 11.8. The first-order chi connectivity index (χ1) is 12.1. The quantitative estimate of drug-likeness (QED) is 0.739. The highest BCUT2D eigenvalue weighted by atomic mass is 35.5. The molecule has 4 rings (SSSR count). The number of piperidine rings is 1. The molecule has 0 aliphatic carbocycles. The van der Waals surface area contributed by atoms with Crippen molar-refractivity contribution >= 4 is 24.3 Å². The lowest BCUT2D eigenvalue weighted by Crippen LogP contribution is -2.31. The maximum absolute atomic E-state index is 11.8. The third-order valence-electron chi connectivity index (χ3n) is 4.92. The van der Waals surface area contributed by atoms with Gasteiger partial charge in [0.05, 0.1) is 5.69 Å². The van der Waals surface area contributed by atoms with E-state index in [4.69, 9.17) is 4.74 Å². The molecule has 1 aromatic carbocycles. The number of aromatic nitrogens is 1. The molecule has 2 aromatic rings. The van der Waals surface area contributed by atoms with E-state index in [1.807, 2.05) is 25.1 Å². The van der Waals surface area contributed by atoms with E-state index in [1.165, 1.54) is 0 Å². The van der Waals surface area contributed by atoms with Gasteiger partial charge in [0.1, 0.15) is 17.7 Å². The highest BCUT2D eigenvalue weighted by molar-refractivity contribution is 5.88. The third kappa shape index (κ3) is 3.34. The van der Waals surface area contributed by atoms with Crippen molar-refractivity contribution in [3.63, 3.8) is 0 Å². The van der Waals surface area contributed by atoms with Crippen LogP contribution in [0, 0.1) is 0 Å². The zero-order chi connectivity index (χ0) is 17.4. The van der Waals surface area contributed by atoms with Crippen LogP contribution in [0.2, 0.25) is 0 Å². The van der Waals surface area contributed by atoms with Gasteiger partial charge in [-0.15, -0.1) is 12.4 Å². The van der Waals surface area contributed by atoms with Gasteiger partial charge in [0.2, 0.25) is 0 Å². The van der Waals surface area contributed by atoms with E-state index < -0.39 is 6.09 Å². The summed E-state index contributed by atoms with van der Waals surface area (Å²) in [7, 11) is 0. The fourth-order valence-electron chi connectivity index (χ4n) is 3.73. The molecule has 1 saturated heterocycles. The number of rotatable bonds is 2. The van der Waals surface area contributed by atoms with E-state index in [-0.39, 0.29) is 24.3 Å². The van der Waals surface area contributed by atoms with Crippen LogP contribution in [0.5, 0.6) is 5.75 Å². The topological polar surface area (TPSA) is 83.5 Å². The second-order valence-corrected chi connectivity index (χ2v) is 6.59. The number of para-hydroxylation sites is 1. The second-order valence-electron chi connectivity index (χ2n) is 6.59. The monoisotopic (exact) mass is 375 g/mol. The lowest BCUT2D eigenvalue weighted by Gasteiger charge is -2.31. The number of fused-ring (bicyclic) bond motifs is 1. The van der Waals surface area contributed by atoms with Gasteiger partial charge < -0.3 is 15.2 Å². The first kappa shape index (κ1) is 18.5. The Morgan fingerprint density at radius 3 is 2.85 bits per heavy atom. The van der Waals surface area contributed by atoms with Crippen molar-refractivity contribution in [2.45, 2.75) is 31.8 Å². The predicted octanol–water partition coefficient (Wildman–Crippen LogP) is 3.97. The van der Waals surface area contributed by atoms with Crippen molar-refractivity contribution in [2.24, 2.45) is 0 Å². The number of ether oxygens (including phenoxy) is 1. The minimum absolute atomic E-state index is 0. The molecule has 2 aliphatic rings. The van der Waals surface area contributed by atoms with E-state index in [2.05, 4.69) is 15.6 Å². The Labute approximate surface area is 158 Å². The van der Waals surface area contributed by atoms with Crippen LogP contribution in [0.15, 0.2) is 30.3 Å². The summed E-state index contributed by atoms with van der Waals surface area (Å²) >= 11 is 0. The highest BCUT2D eigenvalue weighted by Crippen LogP contribution is 2.40. The van der Waals surface area contributed by atoms with Crippen molar-refractivity contribution in [1.82, 2.24) is 10.3 Å². The number of nitrogens with zero attached hydrogens (tertiary/aromatic N) is 1. The van der Waals surface area contributed by atoms with Gasteiger partial charge in [-0.2, -0.15) is 0 Å². The van der Waals surface area contributed by atoms with E-state index in [0.29, 0.717) is 23.0 Å². The zero-order valence-corrected chi connectivity index (χ0v) is 15.3. The summed E-state index contributed by atoms with van der Waals surface area (Å²) in [4.78, 5) is 16.4. The summed E-state index contributed by atoms with van der Waals surface area (Å²) < 4.78 is 5.35. The van der Waals surface area contributed by atoms with Gasteiger partial charge in [-0.3, -0.25) is 5.32 Å². The highest BCUT2D eigenvalue weighted by Gasteiger charge is 2.31. The maximum Gasteiger partial charge on any atom is 0.413 e. The summed E-state index contributed by atoms with van der Waals surface area (Å²) in [5.74, 6) is 1.04. The van der Waals surface area contributed by atoms with E-state index in [9.17, 15) is 9.90 Å². The standard InChI is InChI=1S/C19H21N3O3.ClH/c1-11-17-14(12-5-4-8-20-10-12)9-15(13-6-2-3-7-16(13)23)21-18(17)22-19(24)25-11;/h2-3,6-7,9,11-12,20,23H,4-5,8,10H2,1H3,(H,21,22,24);1H. The number of hydrogen-bond acceptors (Lipinski definition) is 5. The predicted molar refractivity (Wildman–Crippen MR) is 102 cm³/mol. The molecule has 2 atom stereocenters. The van der Waals surface area contributed by atoms with E-state index in [1.54, 1.807) is 12.1 Å². The average Bonchev–Trinajstić information content (AvgIpc) is 2.61. The number of phenols is 1. The van der Waals surface area contributed by atoms with Crippen LogP contribution in [0.4, 0.5) is 10.6 Å². The van der Waals surface area contributed by atoms with Gasteiger partial charge in [0, 0.05) is 17.7 Å². The van der Waals surface area contributed by atoms with Crippen LogP contribution >= 0.6 is 12.4 Å². The molecule has 7 heteroatoms. The van der Waals surface area contributed by atoms with Gasteiger partial charge in [-0.05, 0) is 56.0 Å². The van der Waals surface area contributed by atoms with Gasteiger partial charge in [0.25, 0.3) is 0 Å². The van der Waals surface area contributed by atoms with E-state index >= 15 is 0 Å². The Kier molecular flexibility index (Phi) is 5.34. The van der Waals surface area contributed by atoms with Gasteiger partial charge >= 0.3 is 6.09 Å². The lowest BCUT2D eigenvalue weighted by molar-refractivity contribution is 0.115. The van der Waals surface area contributed by atoms with E-state index in [0.717, 1.165) is 37.1 Å². The molecule has 1 aromatic heterocycles. The number of pyridine rings is 1. The first-order valence-electron chi connectivity index (χ1n) is 8.65. The summed E-state index contributed by atoms with van der Waals surface area (Å²) in [6, 6.07) is 9.15. The van der Waals surface area contributed by atoms with Gasteiger partial charge in [0.15, 0.2) is 0 Å². The fraction of sp³-hybridized carbons (Fsp3) is 0.368. The van der Waals surface area contributed by atoms with Crippen molar-refractivity contribution in [1.29, 1.82) is 0 Å². The molecule has 0 spiro atoms. The minimum atomic E-state index is -0.491. The molecule has 0 bridgehead atoms. The van der Waals surface area contributed by atoms with Crippen LogP contribution < -0.4 is 10.6 Å². The summed E-state index contributed by atoms with van der Waals surface area (Å²) in [5.41, 5.74) is 3.38. The lowest BCUT2D eigenvalue weighted by atomic mass is 9.86. The number of aromatic hydroxyl groups is 1. The minimum Gasteiger partial charge on any atom is -0.507 e. The Bertz CT molecular complexity index is 822. The molecule has 0 saturated carbocycles. The molecule has 3 N–H and O–H groups in total. The molecular weight excluding hydrogens is 354 g/mol.